The van der Waals surface area contributed by atoms with Gasteiger partial charge in [0.25, 0.3) is 5.91 Å². The minimum Gasteiger partial charge on any atom is -0.397 e. The highest BCUT2D eigenvalue weighted by Gasteiger charge is 2.30. The summed E-state index contributed by atoms with van der Waals surface area (Å²) in [5.74, 6) is -0.0604. The van der Waals surface area contributed by atoms with Crippen LogP contribution in [0.2, 0.25) is 0 Å². The molecule has 2 heterocycles. The first-order valence-corrected chi connectivity index (χ1v) is 6.79. The first-order valence-electron chi connectivity index (χ1n) is 6.79. The topological polar surface area (TPSA) is 69.3 Å². The van der Waals surface area contributed by atoms with Gasteiger partial charge in [-0.15, -0.1) is 0 Å². The van der Waals surface area contributed by atoms with Crippen molar-refractivity contribution in [2.24, 2.45) is 0 Å². The fraction of sp³-hybridized carbons (Fsp3) is 0.643. The maximum absolute atomic E-state index is 12.4. The second-order valence-corrected chi connectivity index (χ2v) is 5.79. The van der Waals surface area contributed by atoms with Gasteiger partial charge >= 0.3 is 0 Å². The molecule has 0 aliphatic carbocycles. The van der Waals surface area contributed by atoms with Crippen LogP contribution in [-0.2, 0) is 4.74 Å². The minimum absolute atomic E-state index is 0.0604. The Balaban J connectivity index is 2.15. The lowest BCUT2D eigenvalue weighted by atomic mass is 9.92. The summed E-state index contributed by atoms with van der Waals surface area (Å²) in [4.78, 5) is 12.4. The number of nitrogen functional groups attached to an aromatic ring is 1. The average Bonchev–Trinajstić information content (AvgIpc) is 2.72. The molecule has 0 bridgehead atoms. The highest BCUT2D eigenvalue weighted by molar-refractivity contribution is 5.94. The van der Waals surface area contributed by atoms with Gasteiger partial charge < -0.3 is 20.4 Å². The number of rotatable bonds is 3. The highest BCUT2D eigenvalue weighted by Crippen LogP contribution is 2.22. The van der Waals surface area contributed by atoms with Gasteiger partial charge in [-0.05, 0) is 39.7 Å². The zero-order valence-corrected chi connectivity index (χ0v) is 11.9. The number of ether oxygens (including phenoxy) is 1. The van der Waals surface area contributed by atoms with Crippen LogP contribution in [0.3, 0.4) is 0 Å². The molecule has 0 unspecified atom stereocenters. The number of nitrogens with two attached hydrogens (primary N) is 1. The third-order valence-corrected chi connectivity index (χ3v) is 3.67. The molecule has 0 atom stereocenters. The molecule has 0 spiro atoms. The van der Waals surface area contributed by atoms with Crippen molar-refractivity contribution in [1.82, 2.24) is 9.88 Å². The van der Waals surface area contributed by atoms with E-state index in [9.17, 15) is 4.79 Å². The third-order valence-electron chi connectivity index (χ3n) is 3.67. The number of nitrogens with one attached hydrogen (secondary N) is 1. The summed E-state index contributed by atoms with van der Waals surface area (Å²) in [5.41, 5.74) is 6.86. The lowest BCUT2D eigenvalue weighted by Gasteiger charge is -2.34. The van der Waals surface area contributed by atoms with E-state index in [1.54, 1.807) is 6.07 Å². The van der Waals surface area contributed by atoms with Crippen LogP contribution in [0.5, 0.6) is 0 Å². The Morgan fingerprint density at radius 1 is 1.47 bits per heavy atom. The number of carbonyl (C=O) groups is 1. The van der Waals surface area contributed by atoms with Crippen molar-refractivity contribution in [2.45, 2.75) is 45.2 Å². The number of hydrogen-bond acceptors (Lipinski definition) is 3. The molecule has 19 heavy (non-hydrogen) atoms. The van der Waals surface area contributed by atoms with Crippen LogP contribution >= 0.6 is 0 Å². The van der Waals surface area contributed by atoms with E-state index in [0.717, 1.165) is 12.8 Å². The van der Waals surface area contributed by atoms with Crippen LogP contribution in [0.15, 0.2) is 12.3 Å². The number of anilines is 1. The molecule has 2 rings (SSSR count). The van der Waals surface area contributed by atoms with Gasteiger partial charge in [-0.25, -0.2) is 0 Å². The monoisotopic (exact) mass is 265 g/mol. The van der Waals surface area contributed by atoms with Gasteiger partial charge in [0.1, 0.15) is 5.69 Å². The number of nitrogens with zero attached hydrogens (tertiary/aromatic N) is 1. The van der Waals surface area contributed by atoms with E-state index in [1.807, 2.05) is 24.6 Å². The molecule has 1 amide bonds. The molecule has 3 N–H and O–H groups in total. The van der Waals surface area contributed by atoms with E-state index >= 15 is 0 Å². The fourth-order valence-corrected chi connectivity index (χ4v) is 2.39. The largest absolute Gasteiger partial charge is 0.397 e. The third kappa shape index (κ3) is 3.10. The van der Waals surface area contributed by atoms with Crippen LogP contribution in [0.1, 0.15) is 50.1 Å². The molecule has 0 radical (unpaired) electrons. The van der Waals surface area contributed by atoms with Crippen LogP contribution in [0.4, 0.5) is 5.69 Å². The van der Waals surface area contributed by atoms with Crippen molar-refractivity contribution in [2.75, 3.05) is 18.9 Å². The standard InChI is InChI=1S/C14H23N3O2/c1-10(2)17-9-11(15)8-12(17)13(18)16-14(3)4-6-19-7-5-14/h8-10H,4-7,15H2,1-3H3,(H,16,18). The molecule has 1 saturated heterocycles. The van der Waals surface area contributed by atoms with E-state index in [2.05, 4.69) is 12.2 Å². The number of hydrogen-bond donors (Lipinski definition) is 2. The van der Waals surface area contributed by atoms with E-state index in [4.69, 9.17) is 10.5 Å². The highest BCUT2D eigenvalue weighted by atomic mass is 16.5. The van der Waals surface area contributed by atoms with Gasteiger partial charge in [0.15, 0.2) is 0 Å². The van der Waals surface area contributed by atoms with E-state index < -0.39 is 0 Å². The molecule has 106 valence electrons. The summed E-state index contributed by atoms with van der Waals surface area (Å²) in [6.07, 6.45) is 3.50. The first-order chi connectivity index (χ1) is 8.91. The molecule has 0 aromatic carbocycles. The Kier molecular flexibility index (Phi) is 3.85. The summed E-state index contributed by atoms with van der Waals surface area (Å²) >= 11 is 0. The van der Waals surface area contributed by atoms with Gasteiger partial charge in [-0.2, -0.15) is 0 Å². The Morgan fingerprint density at radius 2 is 2.11 bits per heavy atom. The molecule has 5 nitrogen and oxygen atoms in total. The van der Waals surface area contributed by atoms with Crippen molar-refractivity contribution in [3.05, 3.63) is 18.0 Å². The van der Waals surface area contributed by atoms with E-state index in [0.29, 0.717) is 24.6 Å². The van der Waals surface area contributed by atoms with Crippen molar-refractivity contribution in [3.8, 4) is 0 Å². The zero-order valence-electron chi connectivity index (χ0n) is 11.9. The predicted molar refractivity (Wildman–Crippen MR) is 75.2 cm³/mol. The molecule has 5 heteroatoms. The zero-order chi connectivity index (χ0) is 14.0. The van der Waals surface area contributed by atoms with Crippen LogP contribution in [0.25, 0.3) is 0 Å². The van der Waals surface area contributed by atoms with E-state index in [1.165, 1.54) is 0 Å². The van der Waals surface area contributed by atoms with Crippen molar-refractivity contribution < 1.29 is 9.53 Å². The molecule has 1 aromatic rings. The average molecular weight is 265 g/mol. The Hall–Kier alpha value is -1.49. The second-order valence-electron chi connectivity index (χ2n) is 5.79. The minimum atomic E-state index is -0.184. The molecule has 1 fully saturated rings. The molecular weight excluding hydrogens is 242 g/mol. The van der Waals surface area contributed by atoms with Gasteiger partial charge in [0, 0.05) is 31.0 Å². The quantitative estimate of drug-likeness (QED) is 0.877. The SMILES string of the molecule is CC(C)n1cc(N)cc1C(=O)NC1(C)CCOCC1. The fourth-order valence-electron chi connectivity index (χ4n) is 2.39. The molecule has 1 aliphatic rings. The van der Waals surface area contributed by atoms with Gasteiger partial charge in [0.2, 0.25) is 0 Å². The lowest BCUT2D eigenvalue weighted by Crippen LogP contribution is -2.50. The Labute approximate surface area is 114 Å². The second kappa shape index (κ2) is 5.25. The molecular formula is C14H23N3O2. The predicted octanol–water partition coefficient (Wildman–Crippen LogP) is 1.95. The summed E-state index contributed by atoms with van der Waals surface area (Å²) in [5, 5.41) is 3.12. The summed E-state index contributed by atoms with van der Waals surface area (Å²) in [6.45, 7) is 7.53. The molecule has 1 aromatic heterocycles. The number of aromatic nitrogens is 1. The smallest absolute Gasteiger partial charge is 0.268 e. The lowest BCUT2D eigenvalue weighted by molar-refractivity contribution is 0.0419. The van der Waals surface area contributed by atoms with Gasteiger partial charge in [-0.3, -0.25) is 4.79 Å². The maximum atomic E-state index is 12.4. The van der Waals surface area contributed by atoms with Gasteiger partial charge in [-0.1, -0.05) is 0 Å². The normalized spacial score (nSPS) is 18.5. The van der Waals surface area contributed by atoms with Crippen molar-refractivity contribution in [3.63, 3.8) is 0 Å². The number of carbonyl (C=O) groups excluding carboxylic acids is 1. The van der Waals surface area contributed by atoms with E-state index in [-0.39, 0.29) is 17.5 Å². The molecule has 0 saturated carbocycles. The summed E-state index contributed by atoms with van der Waals surface area (Å²) in [6, 6.07) is 1.94. The van der Waals surface area contributed by atoms with Crippen LogP contribution in [0, 0.1) is 0 Å². The van der Waals surface area contributed by atoms with Crippen LogP contribution in [-0.4, -0.2) is 29.2 Å². The number of amides is 1. The Morgan fingerprint density at radius 3 is 2.68 bits per heavy atom. The van der Waals surface area contributed by atoms with Crippen molar-refractivity contribution >= 4 is 11.6 Å². The molecule has 1 aliphatic heterocycles. The maximum Gasteiger partial charge on any atom is 0.268 e. The first kappa shape index (κ1) is 13.9. The Bertz CT molecular complexity index is 459. The van der Waals surface area contributed by atoms with Crippen LogP contribution < -0.4 is 11.1 Å². The van der Waals surface area contributed by atoms with Crippen molar-refractivity contribution in [1.29, 1.82) is 0 Å². The van der Waals surface area contributed by atoms with Gasteiger partial charge in [0.05, 0.1) is 5.69 Å². The summed E-state index contributed by atoms with van der Waals surface area (Å²) < 4.78 is 7.25. The summed E-state index contributed by atoms with van der Waals surface area (Å²) in [7, 11) is 0.